The van der Waals surface area contributed by atoms with Crippen molar-refractivity contribution in [3.63, 3.8) is 0 Å². The number of thiocarbonyl (C=S) groups is 1. The SMILES string of the molecule is N#CONC(N)=S. The summed E-state index contributed by atoms with van der Waals surface area (Å²) in [5.74, 6) is 0. The van der Waals surface area contributed by atoms with Crippen LogP contribution in [0.5, 0.6) is 0 Å². The molecule has 0 fully saturated rings. The summed E-state index contributed by atoms with van der Waals surface area (Å²) in [6.45, 7) is 0. The van der Waals surface area contributed by atoms with Crippen LogP contribution < -0.4 is 11.2 Å². The van der Waals surface area contributed by atoms with Gasteiger partial charge >= 0.3 is 6.26 Å². The van der Waals surface area contributed by atoms with Crippen molar-refractivity contribution in [3.05, 3.63) is 0 Å². The molecule has 0 unspecified atom stereocenters. The second kappa shape index (κ2) is 3.18. The van der Waals surface area contributed by atoms with Crippen molar-refractivity contribution in [2.24, 2.45) is 5.73 Å². The predicted molar refractivity (Wildman–Crippen MR) is 26.6 cm³/mol. The summed E-state index contributed by atoms with van der Waals surface area (Å²) in [7, 11) is 0. The zero-order valence-electron chi connectivity index (χ0n) is 3.34. The molecule has 3 N–H and O–H groups in total. The highest BCUT2D eigenvalue weighted by Crippen LogP contribution is 1.56. The first kappa shape index (κ1) is 5.98. The van der Waals surface area contributed by atoms with Crippen LogP contribution in [0.4, 0.5) is 0 Å². The lowest BCUT2D eigenvalue weighted by atomic mass is 11.2. The Labute approximate surface area is 45.8 Å². The standard InChI is InChI=1S/C2H3N3OS/c3-1-6-5-2(4)7/h(H3,4,5,7). The Kier molecular flexibility index (Phi) is 2.72. The Morgan fingerprint density at radius 3 is 2.71 bits per heavy atom. The molecule has 0 atom stereocenters. The number of nitrogens with zero attached hydrogens (tertiary/aromatic N) is 1. The molecule has 4 nitrogen and oxygen atoms in total. The van der Waals surface area contributed by atoms with Crippen LogP contribution in [0, 0.1) is 11.5 Å². The molecule has 5 heteroatoms. The molecule has 0 aliphatic rings. The molecule has 0 aromatic carbocycles. The van der Waals surface area contributed by atoms with Gasteiger partial charge in [-0.05, 0) is 12.2 Å². The Hall–Kier alpha value is -1.02. The van der Waals surface area contributed by atoms with E-state index in [2.05, 4.69) is 17.1 Å². The van der Waals surface area contributed by atoms with Crippen molar-refractivity contribution in [2.45, 2.75) is 0 Å². The van der Waals surface area contributed by atoms with E-state index >= 15 is 0 Å². The maximum absolute atomic E-state index is 7.67. The van der Waals surface area contributed by atoms with Crippen LogP contribution in [-0.2, 0) is 4.84 Å². The van der Waals surface area contributed by atoms with Crippen LogP contribution in [0.15, 0.2) is 0 Å². The predicted octanol–water partition coefficient (Wildman–Crippen LogP) is -0.768. The Balaban J connectivity index is 3.02. The van der Waals surface area contributed by atoms with Crippen molar-refractivity contribution in [3.8, 4) is 6.26 Å². The Bertz CT molecular complexity index is 106. The number of hydroxylamine groups is 1. The average Bonchev–Trinajstić information content (AvgIpc) is 1.61. The zero-order valence-corrected chi connectivity index (χ0v) is 4.16. The Morgan fingerprint density at radius 1 is 2.00 bits per heavy atom. The third kappa shape index (κ3) is 4.98. The van der Waals surface area contributed by atoms with E-state index in [1.807, 2.05) is 5.48 Å². The van der Waals surface area contributed by atoms with E-state index in [1.165, 1.54) is 6.26 Å². The van der Waals surface area contributed by atoms with E-state index in [0.29, 0.717) is 0 Å². The molecule has 0 saturated carbocycles. The van der Waals surface area contributed by atoms with Gasteiger partial charge in [-0.3, -0.25) is 4.84 Å². The van der Waals surface area contributed by atoms with Crippen LogP contribution >= 0.6 is 12.2 Å². The number of rotatable bonds is 1. The smallest absolute Gasteiger partial charge is 0.314 e. The number of hydrogen-bond acceptors (Lipinski definition) is 3. The molecule has 0 radical (unpaired) electrons. The van der Waals surface area contributed by atoms with Crippen LogP contribution in [0.3, 0.4) is 0 Å². The Morgan fingerprint density at radius 2 is 2.57 bits per heavy atom. The lowest BCUT2D eigenvalue weighted by Gasteiger charge is -1.91. The molecule has 38 valence electrons. The molecule has 0 amide bonds. The lowest BCUT2D eigenvalue weighted by Crippen LogP contribution is -2.27. The number of nitrogens with two attached hydrogens (primary N) is 1. The van der Waals surface area contributed by atoms with Gasteiger partial charge in [-0.15, -0.1) is 5.26 Å². The second-order valence-corrected chi connectivity index (χ2v) is 1.10. The molecule has 0 aliphatic heterocycles. The maximum atomic E-state index is 7.67. The summed E-state index contributed by atoms with van der Waals surface area (Å²) in [5.41, 5.74) is 6.77. The van der Waals surface area contributed by atoms with E-state index in [-0.39, 0.29) is 5.11 Å². The highest BCUT2D eigenvalue weighted by atomic mass is 32.1. The molecular weight excluding hydrogens is 114 g/mol. The largest absolute Gasteiger partial charge is 0.374 e. The van der Waals surface area contributed by atoms with Crippen LogP contribution in [0.25, 0.3) is 0 Å². The molecule has 0 saturated heterocycles. The van der Waals surface area contributed by atoms with E-state index in [4.69, 9.17) is 11.0 Å². The van der Waals surface area contributed by atoms with Crippen molar-refractivity contribution in [2.75, 3.05) is 0 Å². The fraction of sp³-hybridized carbons (Fsp3) is 0. The van der Waals surface area contributed by atoms with E-state index < -0.39 is 0 Å². The number of hydrogen-bond donors (Lipinski definition) is 2. The third-order valence-electron chi connectivity index (χ3n) is 0.197. The van der Waals surface area contributed by atoms with Gasteiger partial charge in [0.25, 0.3) is 0 Å². The fourth-order valence-electron chi connectivity index (χ4n) is 0.0731. The van der Waals surface area contributed by atoms with Gasteiger partial charge in [0.1, 0.15) is 0 Å². The van der Waals surface area contributed by atoms with E-state index in [0.717, 1.165) is 0 Å². The highest BCUT2D eigenvalue weighted by molar-refractivity contribution is 7.80. The minimum Gasteiger partial charge on any atom is -0.374 e. The van der Waals surface area contributed by atoms with Gasteiger partial charge in [-0.2, -0.15) is 5.48 Å². The first-order valence-corrected chi connectivity index (χ1v) is 1.78. The van der Waals surface area contributed by atoms with Gasteiger partial charge < -0.3 is 5.73 Å². The van der Waals surface area contributed by atoms with Gasteiger partial charge in [0, 0.05) is 0 Å². The monoisotopic (exact) mass is 117 g/mol. The molecule has 7 heavy (non-hydrogen) atoms. The number of nitrogens with one attached hydrogen (secondary N) is 1. The minimum atomic E-state index is -0.0541. The molecule has 0 aromatic heterocycles. The molecule has 0 bridgehead atoms. The van der Waals surface area contributed by atoms with Crippen molar-refractivity contribution in [1.82, 2.24) is 5.48 Å². The average molecular weight is 117 g/mol. The molecule has 0 rings (SSSR count). The molecule has 0 heterocycles. The van der Waals surface area contributed by atoms with Crippen molar-refractivity contribution < 1.29 is 4.84 Å². The summed E-state index contributed by atoms with van der Waals surface area (Å²) >= 11 is 4.25. The summed E-state index contributed by atoms with van der Waals surface area (Å²) in [5, 5.41) is 7.61. The highest BCUT2D eigenvalue weighted by Gasteiger charge is 1.78. The van der Waals surface area contributed by atoms with Crippen LogP contribution in [0.2, 0.25) is 0 Å². The molecule has 0 spiro atoms. The van der Waals surface area contributed by atoms with Crippen molar-refractivity contribution in [1.29, 1.82) is 5.26 Å². The summed E-state index contributed by atoms with van der Waals surface area (Å²) in [4.78, 5) is 3.88. The van der Waals surface area contributed by atoms with Gasteiger partial charge in [0.15, 0.2) is 5.11 Å². The lowest BCUT2D eigenvalue weighted by molar-refractivity contribution is 0.215. The van der Waals surface area contributed by atoms with Crippen LogP contribution in [-0.4, -0.2) is 5.11 Å². The van der Waals surface area contributed by atoms with Gasteiger partial charge in [-0.1, -0.05) is 0 Å². The van der Waals surface area contributed by atoms with E-state index in [1.54, 1.807) is 0 Å². The topological polar surface area (TPSA) is 71.1 Å². The fourth-order valence-corrected chi connectivity index (χ4v) is 0.115. The number of nitriles is 1. The van der Waals surface area contributed by atoms with Gasteiger partial charge in [-0.25, -0.2) is 0 Å². The molecule has 0 aromatic rings. The molecular formula is C2H3N3OS. The zero-order chi connectivity index (χ0) is 5.70. The first-order chi connectivity index (χ1) is 3.27. The van der Waals surface area contributed by atoms with Crippen molar-refractivity contribution >= 4 is 17.3 Å². The van der Waals surface area contributed by atoms with Gasteiger partial charge in [0.05, 0.1) is 0 Å². The second-order valence-electron chi connectivity index (χ2n) is 0.660. The quantitative estimate of drug-likeness (QED) is 0.268. The summed E-state index contributed by atoms with van der Waals surface area (Å²) < 4.78 is 0. The third-order valence-corrected chi connectivity index (χ3v) is 0.281. The molecule has 0 aliphatic carbocycles. The van der Waals surface area contributed by atoms with E-state index in [9.17, 15) is 0 Å². The normalized spacial score (nSPS) is 6.14. The van der Waals surface area contributed by atoms with Gasteiger partial charge in [0.2, 0.25) is 0 Å². The van der Waals surface area contributed by atoms with Crippen LogP contribution in [0.1, 0.15) is 0 Å². The minimum absolute atomic E-state index is 0.0541. The summed E-state index contributed by atoms with van der Waals surface area (Å²) in [6, 6.07) is 0. The summed E-state index contributed by atoms with van der Waals surface area (Å²) in [6.07, 6.45) is 1.32. The maximum Gasteiger partial charge on any atom is 0.314 e. The first-order valence-electron chi connectivity index (χ1n) is 1.37.